The SMILES string of the molecule is CCOc1ccccc1C(=O)N1CCC(n2cc(-c3ccccc3)nn2)C1. The van der Waals surface area contributed by atoms with Crippen LogP contribution in [0, 0.1) is 0 Å². The van der Waals surface area contributed by atoms with Crippen LogP contribution in [0.4, 0.5) is 0 Å². The maximum Gasteiger partial charge on any atom is 0.257 e. The molecule has 2 aromatic carbocycles. The maximum atomic E-state index is 12.9. The topological polar surface area (TPSA) is 60.2 Å². The number of ether oxygens (including phenoxy) is 1. The van der Waals surface area contributed by atoms with Crippen molar-refractivity contribution in [1.82, 2.24) is 19.9 Å². The minimum Gasteiger partial charge on any atom is -0.493 e. The average Bonchev–Trinajstić information content (AvgIpc) is 3.38. The molecule has 6 nitrogen and oxygen atoms in total. The number of nitrogens with zero attached hydrogens (tertiary/aromatic N) is 4. The van der Waals surface area contributed by atoms with Crippen LogP contribution in [0.1, 0.15) is 29.7 Å². The third-order valence-corrected chi connectivity index (χ3v) is 4.82. The number of hydrogen-bond acceptors (Lipinski definition) is 4. The van der Waals surface area contributed by atoms with E-state index in [-0.39, 0.29) is 11.9 Å². The van der Waals surface area contributed by atoms with Gasteiger partial charge in [0.1, 0.15) is 11.4 Å². The first-order valence-corrected chi connectivity index (χ1v) is 9.24. The Bertz CT molecular complexity index is 923. The van der Waals surface area contributed by atoms with Crippen molar-refractivity contribution >= 4 is 5.91 Å². The molecule has 1 saturated heterocycles. The minimum atomic E-state index is 0.00458. The van der Waals surface area contributed by atoms with Crippen LogP contribution in [0.2, 0.25) is 0 Å². The number of likely N-dealkylation sites (tertiary alicyclic amines) is 1. The molecule has 3 aromatic rings. The number of hydrogen-bond donors (Lipinski definition) is 0. The number of benzene rings is 2. The van der Waals surface area contributed by atoms with Gasteiger partial charge in [-0.3, -0.25) is 4.79 Å². The molecule has 4 rings (SSSR count). The summed E-state index contributed by atoms with van der Waals surface area (Å²) in [6, 6.07) is 17.5. The summed E-state index contributed by atoms with van der Waals surface area (Å²) >= 11 is 0. The maximum absolute atomic E-state index is 12.9. The highest BCUT2D eigenvalue weighted by Gasteiger charge is 2.30. The van der Waals surface area contributed by atoms with Gasteiger partial charge in [0, 0.05) is 18.7 Å². The summed E-state index contributed by atoms with van der Waals surface area (Å²) in [4.78, 5) is 14.8. The van der Waals surface area contributed by atoms with Crippen LogP contribution in [0.3, 0.4) is 0 Å². The Morgan fingerprint density at radius 2 is 1.93 bits per heavy atom. The van der Waals surface area contributed by atoms with E-state index in [9.17, 15) is 4.79 Å². The van der Waals surface area contributed by atoms with Crippen LogP contribution in [-0.2, 0) is 0 Å². The van der Waals surface area contributed by atoms with Crippen molar-refractivity contribution in [3.63, 3.8) is 0 Å². The number of para-hydroxylation sites is 1. The highest BCUT2D eigenvalue weighted by molar-refractivity contribution is 5.97. The Morgan fingerprint density at radius 1 is 1.15 bits per heavy atom. The summed E-state index contributed by atoms with van der Waals surface area (Å²) in [7, 11) is 0. The molecule has 0 spiro atoms. The molecular formula is C21H22N4O2. The third-order valence-electron chi connectivity index (χ3n) is 4.82. The molecule has 1 aliphatic heterocycles. The molecule has 0 saturated carbocycles. The average molecular weight is 362 g/mol. The van der Waals surface area contributed by atoms with Gasteiger partial charge in [-0.2, -0.15) is 0 Å². The number of carbonyl (C=O) groups is 1. The Balaban J connectivity index is 1.48. The van der Waals surface area contributed by atoms with Crippen LogP contribution in [-0.4, -0.2) is 45.5 Å². The van der Waals surface area contributed by atoms with Gasteiger partial charge in [-0.1, -0.05) is 47.7 Å². The fourth-order valence-corrected chi connectivity index (χ4v) is 3.43. The molecule has 0 N–H and O–H groups in total. The predicted octanol–water partition coefficient (Wildman–Crippen LogP) is 3.43. The van der Waals surface area contributed by atoms with E-state index in [4.69, 9.17) is 4.74 Å². The van der Waals surface area contributed by atoms with Crippen LogP contribution in [0.15, 0.2) is 60.8 Å². The van der Waals surface area contributed by atoms with Gasteiger partial charge < -0.3 is 9.64 Å². The van der Waals surface area contributed by atoms with Crippen LogP contribution in [0.25, 0.3) is 11.3 Å². The predicted molar refractivity (Wildman–Crippen MR) is 103 cm³/mol. The van der Waals surface area contributed by atoms with Gasteiger partial charge in [-0.25, -0.2) is 4.68 Å². The zero-order valence-corrected chi connectivity index (χ0v) is 15.3. The van der Waals surface area contributed by atoms with Crippen molar-refractivity contribution in [1.29, 1.82) is 0 Å². The molecule has 27 heavy (non-hydrogen) atoms. The van der Waals surface area contributed by atoms with Gasteiger partial charge >= 0.3 is 0 Å². The molecule has 1 aliphatic rings. The zero-order valence-electron chi connectivity index (χ0n) is 15.3. The van der Waals surface area contributed by atoms with Crippen molar-refractivity contribution in [2.45, 2.75) is 19.4 Å². The van der Waals surface area contributed by atoms with Gasteiger partial charge in [0.2, 0.25) is 0 Å². The normalized spacial score (nSPS) is 16.5. The molecule has 0 radical (unpaired) electrons. The van der Waals surface area contributed by atoms with Gasteiger partial charge in [0.05, 0.1) is 24.4 Å². The van der Waals surface area contributed by atoms with Gasteiger partial charge in [0.25, 0.3) is 5.91 Å². The molecule has 2 heterocycles. The summed E-state index contributed by atoms with van der Waals surface area (Å²) in [6.07, 6.45) is 2.82. The molecule has 0 aliphatic carbocycles. The fraction of sp³-hybridized carbons (Fsp3) is 0.286. The van der Waals surface area contributed by atoms with E-state index in [1.54, 1.807) is 0 Å². The van der Waals surface area contributed by atoms with Crippen molar-refractivity contribution in [3.8, 4) is 17.0 Å². The van der Waals surface area contributed by atoms with Crippen LogP contribution < -0.4 is 4.74 Å². The number of rotatable bonds is 5. The van der Waals surface area contributed by atoms with E-state index < -0.39 is 0 Å². The molecule has 0 bridgehead atoms. The molecule has 138 valence electrons. The van der Waals surface area contributed by atoms with Crippen molar-refractivity contribution < 1.29 is 9.53 Å². The molecule has 1 unspecified atom stereocenters. The quantitative estimate of drug-likeness (QED) is 0.698. The highest BCUT2D eigenvalue weighted by Crippen LogP contribution is 2.27. The van der Waals surface area contributed by atoms with Crippen molar-refractivity contribution in [3.05, 3.63) is 66.4 Å². The molecule has 6 heteroatoms. The number of amides is 1. The van der Waals surface area contributed by atoms with Crippen molar-refractivity contribution in [2.24, 2.45) is 0 Å². The summed E-state index contributed by atoms with van der Waals surface area (Å²) in [5, 5.41) is 8.58. The van der Waals surface area contributed by atoms with Gasteiger partial charge in [-0.15, -0.1) is 5.10 Å². The molecule has 1 aromatic heterocycles. The summed E-state index contributed by atoms with van der Waals surface area (Å²) < 4.78 is 7.49. The largest absolute Gasteiger partial charge is 0.493 e. The lowest BCUT2D eigenvalue weighted by atomic mass is 10.1. The van der Waals surface area contributed by atoms with E-state index in [2.05, 4.69) is 10.3 Å². The lowest BCUT2D eigenvalue weighted by molar-refractivity contribution is 0.0783. The minimum absolute atomic E-state index is 0.00458. The first kappa shape index (κ1) is 17.3. The van der Waals surface area contributed by atoms with Gasteiger partial charge in [0.15, 0.2) is 0 Å². The molecule has 1 atom stereocenters. The summed E-state index contributed by atoms with van der Waals surface area (Å²) in [5.74, 6) is 0.644. The third kappa shape index (κ3) is 3.56. The van der Waals surface area contributed by atoms with Crippen LogP contribution >= 0.6 is 0 Å². The smallest absolute Gasteiger partial charge is 0.257 e. The lowest BCUT2D eigenvalue weighted by Crippen LogP contribution is -2.29. The monoisotopic (exact) mass is 362 g/mol. The Kier molecular flexibility index (Phi) is 4.87. The zero-order chi connectivity index (χ0) is 18.6. The second-order valence-electron chi connectivity index (χ2n) is 6.57. The van der Waals surface area contributed by atoms with Gasteiger partial charge in [-0.05, 0) is 25.5 Å². The van der Waals surface area contributed by atoms with E-state index in [1.807, 2.05) is 77.3 Å². The fourth-order valence-electron chi connectivity index (χ4n) is 3.43. The first-order valence-electron chi connectivity index (χ1n) is 9.24. The molecule has 1 fully saturated rings. The van der Waals surface area contributed by atoms with E-state index in [0.29, 0.717) is 31.0 Å². The van der Waals surface area contributed by atoms with Crippen molar-refractivity contribution in [2.75, 3.05) is 19.7 Å². The molecular weight excluding hydrogens is 340 g/mol. The Hall–Kier alpha value is -3.15. The number of carbonyl (C=O) groups excluding carboxylic acids is 1. The van der Waals surface area contributed by atoms with E-state index >= 15 is 0 Å². The lowest BCUT2D eigenvalue weighted by Gasteiger charge is -2.18. The number of aromatic nitrogens is 3. The highest BCUT2D eigenvalue weighted by atomic mass is 16.5. The summed E-state index contributed by atoms with van der Waals surface area (Å²) in [6.45, 7) is 3.78. The second-order valence-corrected chi connectivity index (χ2v) is 6.57. The Labute approximate surface area is 158 Å². The molecule has 1 amide bonds. The summed E-state index contributed by atoms with van der Waals surface area (Å²) in [5.41, 5.74) is 2.51. The van der Waals surface area contributed by atoms with E-state index in [1.165, 1.54) is 0 Å². The van der Waals surface area contributed by atoms with E-state index in [0.717, 1.165) is 17.7 Å². The van der Waals surface area contributed by atoms with Crippen LogP contribution in [0.5, 0.6) is 5.75 Å². The standard InChI is InChI=1S/C21H22N4O2/c1-2-27-20-11-7-6-10-18(20)21(26)24-13-12-17(14-24)25-15-19(22-23-25)16-8-4-3-5-9-16/h3-11,15,17H,2,12-14H2,1H3. The second kappa shape index (κ2) is 7.61. The first-order chi connectivity index (χ1) is 13.3. The Morgan fingerprint density at radius 3 is 2.74 bits per heavy atom.